The molecule has 2 aliphatic rings. The number of carbonyl (C=O) groups is 1. The van der Waals surface area contributed by atoms with E-state index in [-0.39, 0.29) is 6.79 Å². The molecule has 1 aromatic rings. The van der Waals surface area contributed by atoms with Crippen molar-refractivity contribution in [1.82, 2.24) is 0 Å². The molecule has 0 saturated carbocycles. The van der Waals surface area contributed by atoms with Gasteiger partial charge < -0.3 is 19.3 Å². The Morgan fingerprint density at radius 3 is 3.06 bits per heavy atom. The molecule has 18 heavy (non-hydrogen) atoms. The third-order valence-electron chi connectivity index (χ3n) is 3.54. The standard InChI is InChI=1S/C13H14O5/c1-16-13(15)11-7-3-5-10-12(18-6-17-10)8(7)2-4-9(11)14/h3,5,9,11,14H,2,4,6H2,1H3. The van der Waals surface area contributed by atoms with Gasteiger partial charge in [-0.25, -0.2) is 0 Å². The lowest BCUT2D eigenvalue weighted by Crippen LogP contribution is -2.32. The topological polar surface area (TPSA) is 65.0 Å². The third-order valence-corrected chi connectivity index (χ3v) is 3.54. The van der Waals surface area contributed by atoms with E-state index in [1.165, 1.54) is 7.11 Å². The summed E-state index contributed by atoms with van der Waals surface area (Å²) in [5.74, 6) is 0.359. The molecular weight excluding hydrogens is 236 g/mol. The number of fused-ring (bicyclic) bond motifs is 3. The van der Waals surface area contributed by atoms with Crippen molar-refractivity contribution < 1.29 is 24.1 Å². The first-order valence-corrected chi connectivity index (χ1v) is 5.89. The zero-order valence-electron chi connectivity index (χ0n) is 10.0. The first-order valence-electron chi connectivity index (χ1n) is 5.89. The van der Waals surface area contributed by atoms with Crippen LogP contribution in [0, 0.1) is 0 Å². The van der Waals surface area contributed by atoms with Gasteiger partial charge in [-0.2, -0.15) is 0 Å². The lowest BCUT2D eigenvalue weighted by atomic mass is 9.80. The molecule has 96 valence electrons. The summed E-state index contributed by atoms with van der Waals surface area (Å²) in [6, 6.07) is 3.59. The van der Waals surface area contributed by atoms with E-state index in [1.807, 2.05) is 6.07 Å². The molecule has 1 aromatic carbocycles. The Labute approximate surface area is 104 Å². The van der Waals surface area contributed by atoms with Gasteiger partial charge in [-0.15, -0.1) is 0 Å². The molecule has 1 aliphatic heterocycles. The maximum Gasteiger partial charge on any atom is 0.315 e. The summed E-state index contributed by atoms with van der Waals surface area (Å²) in [5, 5.41) is 9.99. The Hall–Kier alpha value is -1.75. The maximum absolute atomic E-state index is 11.8. The highest BCUT2D eigenvalue weighted by atomic mass is 16.7. The molecule has 5 heteroatoms. The third kappa shape index (κ3) is 1.54. The summed E-state index contributed by atoms with van der Waals surface area (Å²) in [7, 11) is 1.33. The van der Waals surface area contributed by atoms with Crippen LogP contribution in [0.25, 0.3) is 0 Å². The number of aliphatic hydroxyl groups is 1. The molecule has 0 amide bonds. The highest BCUT2D eigenvalue weighted by molar-refractivity contribution is 5.80. The molecule has 3 rings (SSSR count). The van der Waals surface area contributed by atoms with Crippen molar-refractivity contribution >= 4 is 5.97 Å². The maximum atomic E-state index is 11.8. The Morgan fingerprint density at radius 2 is 2.28 bits per heavy atom. The highest BCUT2D eigenvalue weighted by Gasteiger charge is 2.37. The van der Waals surface area contributed by atoms with Crippen molar-refractivity contribution in [1.29, 1.82) is 0 Å². The Morgan fingerprint density at radius 1 is 1.44 bits per heavy atom. The van der Waals surface area contributed by atoms with Gasteiger partial charge >= 0.3 is 5.97 Å². The van der Waals surface area contributed by atoms with E-state index in [0.717, 1.165) is 11.1 Å². The van der Waals surface area contributed by atoms with Crippen LogP contribution in [-0.4, -0.2) is 31.1 Å². The number of hydrogen-bond donors (Lipinski definition) is 1. The zero-order valence-corrected chi connectivity index (χ0v) is 10.0. The van der Waals surface area contributed by atoms with Gasteiger partial charge in [-0.05, 0) is 24.5 Å². The molecule has 2 atom stereocenters. The van der Waals surface area contributed by atoms with Crippen LogP contribution < -0.4 is 9.47 Å². The van der Waals surface area contributed by atoms with Crippen LogP contribution in [0.4, 0.5) is 0 Å². The summed E-state index contributed by atoms with van der Waals surface area (Å²) in [5.41, 5.74) is 1.73. The van der Waals surface area contributed by atoms with Gasteiger partial charge in [0.05, 0.1) is 13.2 Å². The average Bonchev–Trinajstić information content (AvgIpc) is 2.86. The normalized spacial score (nSPS) is 24.6. The van der Waals surface area contributed by atoms with Crippen LogP contribution in [0.2, 0.25) is 0 Å². The lowest BCUT2D eigenvalue weighted by Gasteiger charge is -2.28. The predicted molar refractivity (Wildman–Crippen MR) is 61.6 cm³/mol. The summed E-state index contributed by atoms with van der Waals surface area (Å²) >= 11 is 0. The molecule has 0 fully saturated rings. The predicted octanol–water partition coefficient (Wildman–Crippen LogP) is 0.979. The van der Waals surface area contributed by atoms with Crippen molar-refractivity contribution in [2.75, 3.05) is 13.9 Å². The van der Waals surface area contributed by atoms with Gasteiger partial charge in [0.2, 0.25) is 6.79 Å². The van der Waals surface area contributed by atoms with Gasteiger partial charge in [0, 0.05) is 5.56 Å². The van der Waals surface area contributed by atoms with Crippen LogP contribution in [0.1, 0.15) is 23.5 Å². The van der Waals surface area contributed by atoms with Gasteiger partial charge in [-0.3, -0.25) is 4.79 Å². The van der Waals surface area contributed by atoms with E-state index in [2.05, 4.69) is 0 Å². The number of aliphatic hydroxyl groups excluding tert-OH is 1. The van der Waals surface area contributed by atoms with Crippen LogP contribution >= 0.6 is 0 Å². The summed E-state index contributed by atoms with van der Waals surface area (Å²) < 4.78 is 15.5. The van der Waals surface area contributed by atoms with Gasteiger partial charge in [-0.1, -0.05) is 6.07 Å². The van der Waals surface area contributed by atoms with Crippen LogP contribution in [0.5, 0.6) is 11.5 Å². The summed E-state index contributed by atoms with van der Waals surface area (Å²) in [6.07, 6.45) is 0.494. The fourth-order valence-corrected chi connectivity index (χ4v) is 2.67. The average molecular weight is 250 g/mol. The molecule has 2 unspecified atom stereocenters. The number of ether oxygens (including phenoxy) is 3. The molecular formula is C13H14O5. The number of carbonyl (C=O) groups excluding carboxylic acids is 1. The molecule has 1 heterocycles. The summed E-state index contributed by atoms with van der Waals surface area (Å²) in [4.78, 5) is 11.8. The fraction of sp³-hybridized carbons (Fsp3) is 0.462. The molecule has 0 aromatic heterocycles. The number of benzene rings is 1. The molecule has 0 spiro atoms. The van der Waals surface area contributed by atoms with Crippen molar-refractivity contribution in [3.8, 4) is 11.5 Å². The van der Waals surface area contributed by atoms with Gasteiger partial charge in [0.25, 0.3) is 0 Å². The van der Waals surface area contributed by atoms with E-state index in [0.29, 0.717) is 24.3 Å². The second kappa shape index (κ2) is 4.17. The van der Waals surface area contributed by atoms with Crippen molar-refractivity contribution in [3.63, 3.8) is 0 Å². The number of hydrogen-bond acceptors (Lipinski definition) is 5. The highest BCUT2D eigenvalue weighted by Crippen LogP contribution is 2.44. The van der Waals surface area contributed by atoms with Gasteiger partial charge in [0.1, 0.15) is 5.92 Å². The van der Waals surface area contributed by atoms with E-state index in [4.69, 9.17) is 14.2 Å². The van der Waals surface area contributed by atoms with Gasteiger partial charge in [0.15, 0.2) is 11.5 Å². The SMILES string of the molecule is COC(=O)C1c2ccc3c(c2CCC1O)OCO3. The van der Waals surface area contributed by atoms with E-state index >= 15 is 0 Å². The molecule has 1 N–H and O–H groups in total. The van der Waals surface area contributed by atoms with Crippen LogP contribution in [0.15, 0.2) is 12.1 Å². The van der Waals surface area contributed by atoms with Crippen molar-refractivity contribution in [3.05, 3.63) is 23.3 Å². The smallest absolute Gasteiger partial charge is 0.315 e. The number of esters is 1. The molecule has 5 nitrogen and oxygen atoms in total. The first kappa shape index (κ1) is 11.3. The number of methoxy groups -OCH3 is 1. The monoisotopic (exact) mass is 250 g/mol. The molecule has 1 aliphatic carbocycles. The van der Waals surface area contributed by atoms with E-state index < -0.39 is 18.0 Å². The quantitative estimate of drug-likeness (QED) is 0.753. The van der Waals surface area contributed by atoms with Crippen molar-refractivity contribution in [2.24, 2.45) is 0 Å². The Bertz CT molecular complexity index is 496. The van der Waals surface area contributed by atoms with Crippen LogP contribution in [0.3, 0.4) is 0 Å². The Kier molecular flexibility index (Phi) is 2.63. The zero-order chi connectivity index (χ0) is 12.7. The minimum Gasteiger partial charge on any atom is -0.468 e. The largest absolute Gasteiger partial charge is 0.468 e. The second-order valence-electron chi connectivity index (χ2n) is 4.47. The molecule has 0 saturated heterocycles. The fourth-order valence-electron chi connectivity index (χ4n) is 2.67. The molecule has 0 bridgehead atoms. The van der Waals surface area contributed by atoms with Crippen molar-refractivity contribution in [2.45, 2.75) is 24.9 Å². The Balaban J connectivity index is 2.10. The lowest BCUT2D eigenvalue weighted by molar-refractivity contribution is -0.145. The molecule has 0 radical (unpaired) electrons. The van der Waals surface area contributed by atoms with E-state index in [9.17, 15) is 9.90 Å². The second-order valence-corrected chi connectivity index (χ2v) is 4.47. The minimum absolute atomic E-state index is 0.206. The minimum atomic E-state index is -0.703. The van der Waals surface area contributed by atoms with E-state index in [1.54, 1.807) is 6.07 Å². The van der Waals surface area contributed by atoms with Crippen LogP contribution in [-0.2, 0) is 16.0 Å². The summed E-state index contributed by atoms with van der Waals surface area (Å²) in [6.45, 7) is 0.206. The number of rotatable bonds is 1. The first-order chi connectivity index (χ1) is 8.72.